The van der Waals surface area contributed by atoms with Gasteiger partial charge in [0.05, 0.1) is 4.83 Å². The minimum absolute atomic E-state index is 0.00931. The van der Waals surface area contributed by atoms with Gasteiger partial charge in [0.1, 0.15) is 10.6 Å². The summed E-state index contributed by atoms with van der Waals surface area (Å²) in [7, 11) is 0. The van der Waals surface area contributed by atoms with Gasteiger partial charge in [-0.05, 0) is 6.07 Å². The minimum atomic E-state index is -0.303. The Hall–Kier alpha value is -0.350. The van der Waals surface area contributed by atoms with Crippen molar-refractivity contribution in [3.63, 3.8) is 0 Å². The van der Waals surface area contributed by atoms with E-state index >= 15 is 0 Å². The van der Waals surface area contributed by atoms with Crippen molar-refractivity contribution in [2.75, 3.05) is 0 Å². The number of carbonyl (C=O) groups excluding carboxylic acids is 1. The van der Waals surface area contributed by atoms with Crippen LogP contribution in [0.4, 0.5) is 0 Å². The molecule has 0 unspecified atom stereocenters. The Kier molecular flexibility index (Phi) is 2.43. The third-order valence-electron chi connectivity index (χ3n) is 1.91. The molecule has 68 valence electrons. The molecule has 0 aromatic heterocycles. The summed E-state index contributed by atoms with van der Waals surface area (Å²) in [6.45, 7) is 0. The summed E-state index contributed by atoms with van der Waals surface area (Å²) >= 11 is 6.71. The van der Waals surface area contributed by atoms with Crippen LogP contribution in [0.5, 0.6) is 5.75 Å². The van der Waals surface area contributed by atoms with Crippen LogP contribution in [-0.2, 0) is 4.79 Å². The van der Waals surface area contributed by atoms with Crippen molar-refractivity contribution in [1.82, 2.24) is 0 Å². The lowest BCUT2D eigenvalue weighted by Crippen LogP contribution is -2.29. The molecule has 1 heterocycles. The van der Waals surface area contributed by atoms with Gasteiger partial charge in [-0.3, -0.25) is 4.79 Å². The molecule has 1 aliphatic heterocycles. The van der Waals surface area contributed by atoms with E-state index in [9.17, 15) is 4.79 Å². The molecule has 0 amide bonds. The van der Waals surface area contributed by atoms with Crippen molar-refractivity contribution in [3.05, 3.63) is 29.8 Å². The van der Waals surface area contributed by atoms with Crippen LogP contribution < -0.4 is 4.74 Å². The number of fused-ring (bicyclic) bond motifs is 1. The van der Waals surface area contributed by atoms with Crippen molar-refractivity contribution in [1.29, 1.82) is 0 Å². The molecule has 2 rings (SSSR count). The molecular weight excluding hydrogens is 300 g/mol. The fourth-order valence-corrected chi connectivity index (χ4v) is 2.22. The SMILES string of the molecule is O=C1Oc2ccccc2[C@@H](Br)[C@H]1Br. The van der Waals surface area contributed by atoms with Crippen LogP contribution in [0, 0.1) is 0 Å². The molecule has 0 radical (unpaired) electrons. The van der Waals surface area contributed by atoms with Crippen LogP contribution in [0.15, 0.2) is 24.3 Å². The van der Waals surface area contributed by atoms with Crippen molar-refractivity contribution in [2.24, 2.45) is 0 Å². The largest absolute Gasteiger partial charge is 0.425 e. The monoisotopic (exact) mass is 304 g/mol. The number of benzene rings is 1. The fraction of sp³-hybridized carbons (Fsp3) is 0.222. The average molecular weight is 306 g/mol. The molecule has 0 fully saturated rings. The van der Waals surface area contributed by atoms with Crippen LogP contribution in [0.25, 0.3) is 0 Å². The molecule has 4 heteroatoms. The second kappa shape index (κ2) is 3.42. The first-order valence-electron chi connectivity index (χ1n) is 3.79. The van der Waals surface area contributed by atoms with Crippen molar-refractivity contribution in [3.8, 4) is 5.75 Å². The summed E-state index contributed by atoms with van der Waals surface area (Å²) in [5.41, 5.74) is 1.00. The van der Waals surface area contributed by atoms with Crippen LogP contribution in [0.3, 0.4) is 0 Å². The molecular formula is C9H6Br2O2. The van der Waals surface area contributed by atoms with E-state index in [1.54, 1.807) is 6.07 Å². The number of rotatable bonds is 0. The van der Waals surface area contributed by atoms with E-state index in [0.29, 0.717) is 5.75 Å². The van der Waals surface area contributed by atoms with Gasteiger partial charge in [-0.2, -0.15) is 0 Å². The Morgan fingerprint density at radius 1 is 1.15 bits per heavy atom. The van der Waals surface area contributed by atoms with Gasteiger partial charge in [0, 0.05) is 5.56 Å². The highest BCUT2D eigenvalue weighted by molar-refractivity contribution is 9.12. The van der Waals surface area contributed by atoms with Gasteiger partial charge in [-0.15, -0.1) is 0 Å². The quantitative estimate of drug-likeness (QED) is 0.418. The molecule has 1 aromatic carbocycles. The zero-order chi connectivity index (χ0) is 9.42. The lowest BCUT2D eigenvalue weighted by molar-refractivity contribution is -0.134. The Balaban J connectivity index is 2.49. The Bertz CT molecular complexity index is 351. The van der Waals surface area contributed by atoms with Gasteiger partial charge in [0.15, 0.2) is 0 Å². The van der Waals surface area contributed by atoms with Gasteiger partial charge in [0.25, 0.3) is 0 Å². The predicted molar refractivity (Wildman–Crippen MR) is 56.5 cm³/mol. The molecule has 2 nitrogen and oxygen atoms in total. The van der Waals surface area contributed by atoms with Gasteiger partial charge in [-0.25, -0.2) is 0 Å². The molecule has 2 atom stereocenters. The molecule has 0 saturated carbocycles. The van der Waals surface area contributed by atoms with E-state index < -0.39 is 0 Å². The van der Waals surface area contributed by atoms with E-state index in [1.165, 1.54) is 0 Å². The summed E-state index contributed by atoms with van der Waals surface area (Å²) < 4.78 is 5.10. The average Bonchev–Trinajstić information content (AvgIpc) is 2.15. The number of ether oxygens (including phenoxy) is 1. The first-order chi connectivity index (χ1) is 6.20. The maximum absolute atomic E-state index is 11.3. The van der Waals surface area contributed by atoms with E-state index in [0.717, 1.165) is 5.56 Å². The third-order valence-corrected chi connectivity index (χ3v) is 4.54. The summed E-state index contributed by atoms with van der Waals surface area (Å²) in [5.74, 6) is 0.394. The van der Waals surface area contributed by atoms with E-state index in [4.69, 9.17) is 4.74 Å². The highest BCUT2D eigenvalue weighted by Crippen LogP contribution is 2.40. The molecule has 1 aliphatic rings. The maximum atomic E-state index is 11.3. The zero-order valence-corrected chi connectivity index (χ0v) is 9.71. The van der Waals surface area contributed by atoms with Gasteiger partial charge < -0.3 is 4.74 Å². The van der Waals surface area contributed by atoms with Crippen molar-refractivity contribution >= 4 is 37.8 Å². The molecule has 0 aliphatic carbocycles. The van der Waals surface area contributed by atoms with Gasteiger partial charge in [-0.1, -0.05) is 50.1 Å². The van der Waals surface area contributed by atoms with Crippen molar-refractivity contribution in [2.45, 2.75) is 9.65 Å². The second-order valence-electron chi connectivity index (χ2n) is 2.76. The highest BCUT2D eigenvalue weighted by Gasteiger charge is 2.33. The molecule has 0 N–H and O–H groups in total. The predicted octanol–water partition coefficient (Wildman–Crippen LogP) is 2.81. The summed E-state index contributed by atoms with van der Waals surface area (Å²) in [4.78, 5) is 11.0. The first kappa shape index (κ1) is 9.21. The van der Waals surface area contributed by atoms with Crippen LogP contribution in [0.1, 0.15) is 10.4 Å². The van der Waals surface area contributed by atoms with E-state index in [-0.39, 0.29) is 15.6 Å². The summed E-state index contributed by atoms with van der Waals surface area (Å²) in [6.07, 6.45) is 0. The topological polar surface area (TPSA) is 26.3 Å². The minimum Gasteiger partial charge on any atom is -0.425 e. The van der Waals surface area contributed by atoms with Crippen LogP contribution in [-0.4, -0.2) is 10.8 Å². The summed E-state index contributed by atoms with van der Waals surface area (Å²) in [6, 6.07) is 7.50. The fourth-order valence-electron chi connectivity index (χ4n) is 1.24. The highest BCUT2D eigenvalue weighted by atomic mass is 79.9. The number of alkyl halides is 2. The Morgan fingerprint density at radius 3 is 2.62 bits per heavy atom. The number of hydrogen-bond donors (Lipinski definition) is 0. The smallest absolute Gasteiger partial charge is 0.326 e. The normalized spacial score (nSPS) is 26.5. The van der Waals surface area contributed by atoms with E-state index in [1.807, 2.05) is 18.2 Å². The standard InChI is InChI=1S/C9H6Br2O2/c10-7-5-3-1-2-4-6(5)13-9(12)8(7)11/h1-4,7-8H/t7-,8-/m1/s1. The number of para-hydroxylation sites is 1. The lowest BCUT2D eigenvalue weighted by atomic mass is 10.1. The van der Waals surface area contributed by atoms with Crippen LogP contribution >= 0.6 is 31.9 Å². The van der Waals surface area contributed by atoms with Gasteiger partial charge in [0.2, 0.25) is 0 Å². The molecule has 0 bridgehead atoms. The zero-order valence-electron chi connectivity index (χ0n) is 6.54. The lowest BCUT2D eigenvalue weighted by Gasteiger charge is -2.24. The first-order valence-corrected chi connectivity index (χ1v) is 5.62. The maximum Gasteiger partial charge on any atom is 0.326 e. The van der Waals surface area contributed by atoms with Gasteiger partial charge >= 0.3 is 5.97 Å². The summed E-state index contributed by atoms with van der Waals surface area (Å²) in [5, 5.41) is 0. The number of esters is 1. The number of hydrogen-bond acceptors (Lipinski definition) is 2. The Labute approximate surface area is 92.5 Å². The van der Waals surface area contributed by atoms with E-state index in [2.05, 4.69) is 31.9 Å². The molecule has 13 heavy (non-hydrogen) atoms. The second-order valence-corrected chi connectivity index (χ2v) is 4.74. The van der Waals surface area contributed by atoms with Crippen molar-refractivity contribution < 1.29 is 9.53 Å². The molecule has 0 spiro atoms. The van der Waals surface area contributed by atoms with Crippen LogP contribution in [0.2, 0.25) is 0 Å². The molecule has 1 aromatic rings. The number of halogens is 2. The molecule has 0 saturated heterocycles. The third kappa shape index (κ3) is 1.53. The Morgan fingerprint density at radius 2 is 1.85 bits per heavy atom. The number of carbonyl (C=O) groups is 1.